The quantitative estimate of drug-likeness (QED) is 0.895. The number of benzene rings is 1. The van der Waals surface area contributed by atoms with E-state index in [-0.39, 0.29) is 6.03 Å². The molecule has 2 N–H and O–H groups in total. The minimum atomic E-state index is -0.924. The van der Waals surface area contributed by atoms with Crippen LogP contribution in [0.1, 0.15) is 38.2 Å². The molecule has 0 aromatic heterocycles. The molecule has 114 valence electrons. The van der Waals surface area contributed by atoms with Crippen molar-refractivity contribution in [1.29, 1.82) is 0 Å². The van der Waals surface area contributed by atoms with Gasteiger partial charge in [-0.05, 0) is 37.3 Å². The summed E-state index contributed by atoms with van der Waals surface area (Å²) in [7, 11) is 0. The summed E-state index contributed by atoms with van der Waals surface area (Å²) in [4.78, 5) is 25.1. The highest BCUT2D eigenvalue weighted by atomic mass is 16.4. The summed E-state index contributed by atoms with van der Waals surface area (Å²) in [6.45, 7) is 2.59. The van der Waals surface area contributed by atoms with Crippen molar-refractivity contribution in [1.82, 2.24) is 4.90 Å². The smallest absolute Gasteiger partial charge is 0.326 e. The van der Waals surface area contributed by atoms with Gasteiger partial charge in [-0.3, -0.25) is 0 Å². The number of hydrogen-bond acceptors (Lipinski definition) is 2. The van der Waals surface area contributed by atoms with Crippen LogP contribution in [0.15, 0.2) is 24.3 Å². The fourth-order valence-corrected chi connectivity index (χ4v) is 2.75. The Balaban J connectivity index is 2.11. The number of amides is 2. The van der Waals surface area contributed by atoms with E-state index >= 15 is 0 Å². The maximum atomic E-state index is 12.4. The topological polar surface area (TPSA) is 69.6 Å². The van der Waals surface area contributed by atoms with Crippen LogP contribution in [-0.2, 0) is 11.2 Å². The van der Waals surface area contributed by atoms with Gasteiger partial charge in [0.15, 0.2) is 0 Å². The number of rotatable bonds is 4. The fourth-order valence-electron chi connectivity index (χ4n) is 2.75. The van der Waals surface area contributed by atoms with E-state index < -0.39 is 12.0 Å². The van der Waals surface area contributed by atoms with Crippen LogP contribution in [0.4, 0.5) is 10.5 Å². The van der Waals surface area contributed by atoms with Gasteiger partial charge < -0.3 is 15.3 Å². The normalized spacial score (nSPS) is 18.3. The Morgan fingerprint density at radius 2 is 2.10 bits per heavy atom. The fraction of sp³-hybridized carbons (Fsp3) is 0.500. The van der Waals surface area contributed by atoms with Crippen LogP contribution in [0.5, 0.6) is 0 Å². The van der Waals surface area contributed by atoms with E-state index in [1.54, 1.807) is 0 Å². The standard InChI is InChI=1S/C16H22N2O3/c1-2-7-12-8-3-4-9-13(12)17-16(21)18-11-6-5-10-14(18)15(19)20/h3-4,8-9,14H,2,5-7,10-11H2,1H3,(H,17,21)(H,19,20). The molecule has 0 bridgehead atoms. The Kier molecular flexibility index (Phi) is 5.20. The first-order valence-electron chi connectivity index (χ1n) is 7.51. The predicted molar refractivity (Wildman–Crippen MR) is 81.4 cm³/mol. The Labute approximate surface area is 125 Å². The second-order valence-corrected chi connectivity index (χ2v) is 5.38. The molecule has 1 aromatic carbocycles. The lowest BCUT2D eigenvalue weighted by Crippen LogP contribution is -2.49. The molecule has 1 aliphatic heterocycles. The largest absolute Gasteiger partial charge is 0.480 e. The number of nitrogens with one attached hydrogen (secondary N) is 1. The minimum absolute atomic E-state index is 0.314. The first kappa shape index (κ1) is 15.4. The third-order valence-corrected chi connectivity index (χ3v) is 3.83. The van der Waals surface area contributed by atoms with E-state index in [0.717, 1.165) is 36.9 Å². The number of carboxylic acid groups (broad SMARTS) is 1. The average Bonchev–Trinajstić information content (AvgIpc) is 2.49. The highest BCUT2D eigenvalue weighted by Crippen LogP contribution is 2.21. The number of carbonyl (C=O) groups is 2. The molecule has 1 fully saturated rings. The van der Waals surface area contributed by atoms with Gasteiger partial charge in [0, 0.05) is 12.2 Å². The number of aryl methyl sites for hydroxylation is 1. The van der Waals surface area contributed by atoms with E-state index in [2.05, 4.69) is 12.2 Å². The monoisotopic (exact) mass is 290 g/mol. The third-order valence-electron chi connectivity index (χ3n) is 3.83. The van der Waals surface area contributed by atoms with E-state index in [1.807, 2.05) is 24.3 Å². The van der Waals surface area contributed by atoms with Crippen molar-refractivity contribution in [2.24, 2.45) is 0 Å². The Morgan fingerprint density at radius 1 is 1.33 bits per heavy atom. The molecule has 2 rings (SSSR count). The van der Waals surface area contributed by atoms with Crippen LogP contribution in [0.2, 0.25) is 0 Å². The van der Waals surface area contributed by atoms with Crippen molar-refractivity contribution in [3.8, 4) is 0 Å². The van der Waals surface area contributed by atoms with Crippen molar-refractivity contribution in [3.63, 3.8) is 0 Å². The summed E-state index contributed by atoms with van der Waals surface area (Å²) in [5, 5.41) is 12.1. The van der Waals surface area contributed by atoms with Crippen LogP contribution in [0, 0.1) is 0 Å². The number of hydrogen-bond donors (Lipinski definition) is 2. The van der Waals surface area contributed by atoms with Gasteiger partial charge in [-0.1, -0.05) is 31.5 Å². The number of para-hydroxylation sites is 1. The Morgan fingerprint density at radius 3 is 2.81 bits per heavy atom. The van der Waals surface area contributed by atoms with Crippen molar-refractivity contribution < 1.29 is 14.7 Å². The number of carbonyl (C=O) groups excluding carboxylic acids is 1. The number of anilines is 1. The highest BCUT2D eigenvalue weighted by Gasteiger charge is 2.32. The van der Waals surface area contributed by atoms with Gasteiger partial charge in [0.25, 0.3) is 0 Å². The zero-order chi connectivity index (χ0) is 15.2. The van der Waals surface area contributed by atoms with E-state index in [0.29, 0.717) is 13.0 Å². The second kappa shape index (κ2) is 7.11. The molecule has 1 saturated heterocycles. The van der Waals surface area contributed by atoms with Gasteiger partial charge in [-0.15, -0.1) is 0 Å². The van der Waals surface area contributed by atoms with Gasteiger partial charge in [0.2, 0.25) is 0 Å². The van der Waals surface area contributed by atoms with Gasteiger partial charge in [0.05, 0.1) is 0 Å². The van der Waals surface area contributed by atoms with Crippen LogP contribution in [-0.4, -0.2) is 34.6 Å². The number of urea groups is 1. The summed E-state index contributed by atoms with van der Waals surface area (Å²) in [6.07, 6.45) is 4.12. The van der Waals surface area contributed by atoms with Crippen molar-refractivity contribution >= 4 is 17.7 Å². The number of aliphatic carboxylic acids is 1. The number of nitrogens with zero attached hydrogens (tertiary/aromatic N) is 1. The first-order chi connectivity index (χ1) is 10.1. The molecule has 5 nitrogen and oxygen atoms in total. The molecular weight excluding hydrogens is 268 g/mol. The van der Waals surface area contributed by atoms with E-state index in [9.17, 15) is 14.7 Å². The predicted octanol–water partition coefficient (Wildman–Crippen LogP) is 3.11. The van der Waals surface area contributed by atoms with Gasteiger partial charge in [-0.2, -0.15) is 0 Å². The van der Waals surface area contributed by atoms with Gasteiger partial charge in [-0.25, -0.2) is 9.59 Å². The zero-order valence-corrected chi connectivity index (χ0v) is 12.3. The number of piperidine rings is 1. The number of carboxylic acids is 1. The summed E-state index contributed by atoms with van der Waals surface area (Å²) in [6, 6.07) is 6.65. The molecule has 0 saturated carbocycles. The first-order valence-corrected chi connectivity index (χ1v) is 7.51. The molecule has 1 aromatic rings. The minimum Gasteiger partial charge on any atom is -0.480 e. The molecule has 1 atom stereocenters. The van der Waals surface area contributed by atoms with Crippen LogP contribution in [0.3, 0.4) is 0 Å². The summed E-state index contributed by atoms with van der Waals surface area (Å²) in [5.41, 5.74) is 1.86. The SMILES string of the molecule is CCCc1ccccc1NC(=O)N1CCCCC1C(=O)O. The summed E-state index contributed by atoms with van der Waals surface area (Å²) < 4.78 is 0. The molecule has 0 spiro atoms. The lowest BCUT2D eigenvalue weighted by atomic mass is 10.0. The molecular formula is C16H22N2O3. The Hall–Kier alpha value is -2.04. The molecule has 2 amide bonds. The van der Waals surface area contributed by atoms with Crippen molar-refractivity contribution in [2.75, 3.05) is 11.9 Å². The van der Waals surface area contributed by atoms with Crippen LogP contribution in [0.25, 0.3) is 0 Å². The molecule has 0 radical (unpaired) electrons. The van der Waals surface area contributed by atoms with Gasteiger partial charge in [0.1, 0.15) is 6.04 Å². The maximum absolute atomic E-state index is 12.4. The zero-order valence-electron chi connectivity index (χ0n) is 12.3. The molecule has 0 aliphatic carbocycles. The van der Waals surface area contributed by atoms with E-state index in [1.165, 1.54) is 4.90 Å². The summed E-state index contributed by atoms with van der Waals surface area (Å²) in [5.74, 6) is -0.924. The Bertz CT molecular complexity index is 516. The lowest BCUT2D eigenvalue weighted by Gasteiger charge is -2.33. The third kappa shape index (κ3) is 3.74. The van der Waals surface area contributed by atoms with Crippen molar-refractivity contribution in [3.05, 3.63) is 29.8 Å². The maximum Gasteiger partial charge on any atom is 0.326 e. The van der Waals surface area contributed by atoms with Crippen LogP contribution < -0.4 is 5.32 Å². The summed E-state index contributed by atoms with van der Waals surface area (Å²) >= 11 is 0. The van der Waals surface area contributed by atoms with Crippen molar-refractivity contribution in [2.45, 2.75) is 45.1 Å². The number of likely N-dealkylation sites (tertiary alicyclic amines) is 1. The second-order valence-electron chi connectivity index (χ2n) is 5.38. The molecule has 1 aliphatic rings. The lowest BCUT2D eigenvalue weighted by molar-refractivity contribution is -0.143. The van der Waals surface area contributed by atoms with Crippen LogP contribution >= 0.6 is 0 Å². The average molecular weight is 290 g/mol. The molecule has 21 heavy (non-hydrogen) atoms. The highest BCUT2D eigenvalue weighted by molar-refractivity contribution is 5.93. The van der Waals surface area contributed by atoms with Gasteiger partial charge >= 0.3 is 12.0 Å². The molecule has 1 unspecified atom stereocenters. The van der Waals surface area contributed by atoms with E-state index in [4.69, 9.17) is 0 Å². The molecule has 5 heteroatoms. The molecule has 1 heterocycles.